The fraction of sp³-hybridized carbons (Fsp3) is 0.471. The van der Waals surface area contributed by atoms with Crippen molar-refractivity contribution >= 4 is 18.1 Å². The SMILES string of the molecule is C=CCCOC(=O)N(Cc1ccc(F)cc1)[C@H]1CC(=NOC2CCCCO2)C2=C[C@H](CCCCO)[C@@H](CCCCO)[C@@H]3c4cc(Oc5cccc(C=O)c5)ccc4O[C@@]1(OCC=C)[C@H]23. The van der Waals surface area contributed by atoms with E-state index in [2.05, 4.69) is 19.2 Å². The molecule has 1 saturated heterocycles. The van der Waals surface area contributed by atoms with Crippen LogP contribution in [0, 0.1) is 23.6 Å². The molecule has 12 nitrogen and oxygen atoms in total. The van der Waals surface area contributed by atoms with Crippen LogP contribution in [0.4, 0.5) is 9.18 Å². The zero-order valence-electron chi connectivity index (χ0n) is 36.5. The number of hydrogen-bond acceptors (Lipinski definition) is 11. The second-order valence-electron chi connectivity index (χ2n) is 16.9. The number of benzene rings is 3. The number of amides is 1. The highest BCUT2D eigenvalue weighted by atomic mass is 19.1. The predicted octanol–water partition coefficient (Wildman–Crippen LogP) is 9.81. The van der Waals surface area contributed by atoms with Gasteiger partial charge in [0.25, 0.3) is 0 Å². The van der Waals surface area contributed by atoms with Crippen molar-refractivity contribution in [1.29, 1.82) is 0 Å². The van der Waals surface area contributed by atoms with Crippen LogP contribution in [0.15, 0.2) is 109 Å². The molecule has 2 fully saturated rings. The first-order chi connectivity index (χ1) is 31.3. The summed E-state index contributed by atoms with van der Waals surface area (Å²) in [6.45, 7) is 8.68. The summed E-state index contributed by atoms with van der Waals surface area (Å²) in [6, 6.07) is 17.8. The smallest absolute Gasteiger partial charge is 0.410 e. The number of nitrogens with zero attached hydrogens (tertiary/aromatic N) is 2. The van der Waals surface area contributed by atoms with Gasteiger partial charge in [0.15, 0.2) is 0 Å². The van der Waals surface area contributed by atoms with E-state index >= 15 is 0 Å². The van der Waals surface area contributed by atoms with Gasteiger partial charge in [-0.3, -0.25) is 9.69 Å². The minimum absolute atomic E-state index is 0.00487. The van der Waals surface area contributed by atoms with Gasteiger partial charge in [0.1, 0.15) is 35.4 Å². The Hall–Kier alpha value is -5.34. The van der Waals surface area contributed by atoms with E-state index in [1.54, 1.807) is 53.5 Å². The van der Waals surface area contributed by atoms with Crippen molar-refractivity contribution in [2.75, 3.05) is 33.0 Å². The molecule has 64 heavy (non-hydrogen) atoms. The van der Waals surface area contributed by atoms with Crippen molar-refractivity contribution in [1.82, 2.24) is 4.90 Å². The Morgan fingerprint density at radius 1 is 0.969 bits per heavy atom. The maximum Gasteiger partial charge on any atom is 0.410 e. The van der Waals surface area contributed by atoms with Crippen molar-refractivity contribution in [3.05, 3.63) is 126 Å². The molecule has 3 aromatic rings. The van der Waals surface area contributed by atoms with Crippen LogP contribution in [-0.2, 0) is 25.6 Å². The molecule has 1 amide bonds. The van der Waals surface area contributed by atoms with Crippen molar-refractivity contribution < 1.29 is 52.7 Å². The van der Waals surface area contributed by atoms with E-state index in [0.29, 0.717) is 66.4 Å². The molecule has 13 heteroatoms. The molecule has 7 rings (SSSR count). The van der Waals surface area contributed by atoms with Gasteiger partial charge in [-0.15, -0.1) is 13.2 Å². The number of halogens is 1. The first kappa shape index (κ1) is 46.6. The van der Waals surface area contributed by atoms with Gasteiger partial charge in [-0.2, -0.15) is 0 Å². The Morgan fingerprint density at radius 3 is 2.50 bits per heavy atom. The van der Waals surface area contributed by atoms with Gasteiger partial charge in [-0.05, 0) is 110 Å². The van der Waals surface area contributed by atoms with E-state index < -0.39 is 35.9 Å². The quantitative estimate of drug-likeness (QED) is 0.0433. The molecule has 0 aromatic heterocycles. The maximum absolute atomic E-state index is 14.7. The van der Waals surface area contributed by atoms with Crippen LogP contribution < -0.4 is 9.47 Å². The second-order valence-corrected chi connectivity index (χ2v) is 16.9. The fourth-order valence-corrected chi connectivity index (χ4v) is 9.82. The molecule has 4 aliphatic rings. The van der Waals surface area contributed by atoms with Gasteiger partial charge < -0.3 is 38.7 Å². The minimum atomic E-state index is -1.55. The normalized spacial score (nSPS) is 25.2. The Kier molecular flexibility index (Phi) is 16.4. The maximum atomic E-state index is 14.7. The standard InChI is InChI=1S/C51H61FN2O10/c1-3-5-27-60-50(58)54(33-35-18-20-38(52)21-19-35)46-32-44(53-64-47-17-8-11-28-59-47)42-30-37(14-6-9-24-55)41(16-7-10-25-56)48-43-31-40(62-39-15-12-13-36(29-39)34-57)22-23-45(43)63-51(46,49(42)48)61-26-4-2/h3-4,12-13,15,18-23,29-31,34,37,41,46-49,55-56H,1-2,5-11,14,16-17,24-28,32-33H2/t37-,41+,46-,47?,48+,49+,51+/m0/s1. The van der Waals surface area contributed by atoms with Crippen LogP contribution in [0.5, 0.6) is 17.2 Å². The van der Waals surface area contributed by atoms with Gasteiger partial charge in [0.05, 0.1) is 31.5 Å². The summed E-state index contributed by atoms with van der Waals surface area (Å²) < 4.78 is 47.1. The fourth-order valence-electron chi connectivity index (χ4n) is 9.82. The predicted molar refractivity (Wildman–Crippen MR) is 240 cm³/mol. The Balaban J connectivity index is 1.45. The molecule has 1 unspecified atom stereocenters. The number of hydrogen-bond donors (Lipinski definition) is 2. The average molecular weight is 881 g/mol. The molecule has 2 aliphatic heterocycles. The van der Waals surface area contributed by atoms with E-state index in [-0.39, 0.29) is 57.1 Å². The van der Waals surface area contributed by atoms with Crippen molar-refractivity contribution in [2.45, 2.75) is 101 Å². The molecule has 3 aromatic carbocycles. The molecule has 342 valence electrons. The average Bonchev–Trinajstić information content (AvgIpc) is 3.31. The van der Waals surface area contributed by atoms with Crippen LogP contribution >= 0.6 is 0 Å². The third-order valence-electron chi connectivity index (χ3n) is 12.7. The molecular formula is C51H61FN2O10. The van der Waals surface area contributed by atoms with Gasteiger partial charge in [-0.25, -0.2) is 9.18 Å². The van der Waals surface area contributed by atoms with E-state index in [0.717, 1.165) is 55.9 Å². The number of aldehydes is 1. The molecule has 0 spiro atoms. The first-order valence-electron chi connectivity index (χ1n) is 22.7. The molecule has 2 heterocycles. The summed E-state index contributed by atoms with van der Waals surface area (Å²) >= 11 is 0. The molecular weight excluding hydrogens is 820 g/mol. The lowest BCUT2D eigenvalue weighted by Crippen LogP contribution is -2.70. The molecule has 0 bridgehead atoms. The highest BCUT2D eigenvalue weighted by Crippen LogP contribution is 2.62. The van der Waals surface area contributed by atoms with Crippen LogP contribution in [0.3, 0.4) is 0 Å². The Labute approximate surface area is 375 Å². The van der Waals surface area contributed by atoms with E-state index in [1.165, 1.54) is 12.1 Å². The number of allylic oxidation sites excluding steroid dienone is 1. The zero-order valence-corrected chi connectivity index (χ0v) is 36.5. The molecule has 7 atom stereocenters. The number of aliphatic hydroxyl groups excluding tert-OH is 2. The number of unbranched alkanes of at least 4 members (excludes halogenated alkanes) is 2. The Bertz CT molecular complexity index is 2120. The summed E-state index contributed by atoms with van der Waals surface area (Å²) in [5.41, 5.74) is 3.49. The van der Waals surface area contributed by atoms with Gasteiger partial charge in [0.2, 0.25) is 12.1 Å². The third kappa shape index (κ3) is 10.8. The molecule has 0 radical (unpaired) electrons. The zero-order chi connectivity index (χ0) is 44.9. The lowest BCUT2D eigenvalue weighted by molar-refractivity contribution is -0.256. The van der Waals surface area contributed by atoms with E-state index in [1.807, 2.05) is 18.2 Å². The van der Waals surface area contributed by atoms with E-state index in [4.69, 9.17) is 33.7 Å². The second kappa shape index (κ2) is 22.5. The van der Waals surface area contributed by atoms with Crippen molar-refractivity contribution in [3.8, 4) is 17.2 Å². The van der Waals surface area contributed by atoms with Crippen molar-refractivity contribution in [3.63, 3.8) is 0 Å². The summed E-state index contributed by atoms with van der Waals surface area (Å²) in [6.07, 6.45) is 12.6. The largest absolute Gasteiger partial charge is 0.459 e. The molecule has 2 aliphatic carbocycles. The number of fused-ring (bicyclic) bond motifs is 2. The summed E-state index contributed by atoms with van der Waals surface area (Å²) in [5, 5.41) is 24.9. The number of carbonyl (C=O) groups is 2. The lowest BCUT2D eigenvalue weighted by Gasteiger charge is -2.60. The monoisotopic (exact) mass is 880 g/mol. The third-order valence-corrected chi connectivity index (χ3v) is 12.7. The van der Waals surface area contributed by atoms with Crippen molar-refractivity contribution in [2.24, 2.45) is 22.9 Å². The number of aliphatic hydroxyl groups is 2. The van der Waals surface area contributed by atoms with Crippen LogP contribution in [0.2, 0.25) is 0 Å². The highest BCUT2D eigenvalue weighted by molar-refractivity contribution is 6.03. The van der Waals surface area contributed by atoms with E-state index in [9.17, 15) is 24.2 Å². The van der Waals surface area contributed by atoms with Crippen LogP contribution in [0.1, 0.15) is 98.0 Å². The van der Waals surface area contributed by atoms with Crippen LogP contribution in [-0.4, -0.2) is 84.4 Å². The lowest BCUT2D eigenvalue weighted by atomic mass is 9.55. The topological polar surface area (TPSA) is 146 Å². The number of rotatable bonds is 22. The molecule has 1 saturated carbocycles. The summed E-state index contributed by atoms with van der Waals surface area (Å²) in [4.78, 5) is 34.2. The highest BCUT2D eigenvalue weighted by Gasteiger charge is 2.65. The summed E-state index contributed by atoms with van der Waals surface area (Å²) in [5.74, 6) is -1.32. The summed E-state index contributed by atoms with van der Waals surface area (Å²) in [7, 11) is 0. The Morgan fingerprint density at radius 2 is 1.77 bits per heavy atom. The number of carbonyl (C=O) groups excluding carboxylic acids is 2. The first-order valence-corrected chi connectivity index (χ1v) is 22.7. The number of ether oxygens (including phenoxy) is 5. The minimum Gasteiger partial charge on any atom is -0.459 e. The van der Waals surface area contributed by atoms with Gasteiger partial charge in [-0.1, -0.05) is 60.5 Å². The van der Waals surface area contributed by atoms with Crippen LogP contribution in [0.25, 0.3) is 0 Å². The molecule has 2 N–H and O–H groups in total. The van der Waals surface area contributed by atoms with Gasteiger partial charge >= 0.3 is 6.09 Å². The number of oxime groups is 1. The van der Waals surface area contributed by atoms with Gasteiger partial charge in [0, 0.05) is 49.6 Å².